The fourth-order valence-electron chi connectivity index (χ4n) is 1.61. The predicted molar refractivity (Wildman–Crippen MR) is 70.4 cm³/mol. The molecule has 0 spiro atoms. The van der Waals surface area contributed by atoms with Gasteiger partial charge in [0, 0.05) is 13.1 Å². The molecular formula is C14H10F2N2O4. The maximum absolute atomic E-state index is 13.4. The molecule has 0 saturated carbocycles. The molecule has 1 aromatic heterocycles. The molecule has 0 fully saturated rings. The molecule has 0 bridgehead atoms. The smallest absolute Gasteiger partial charge is 0.359 e. The molecule has 1 heterocycles. The first-order chi connectivity index (χ1) is 10.4. The summed E-state index contributed by atoms with van der Waals surface area (Å²) in [5, 5.41) is 3.64. The highest BCUT2D eigenvalue weighted by Crippen LogP contribution is 2.11. The van der Waals surface area contributed by atoms with Crippen LogP contribution in [-0.4, -0.2) is 28.1 Å². The number of ether oxygens (including phenoxy) is 1. The van der Waals surface area contributed by atoms with Crippen LogP contribution in [0.2, 0.25) is 0 Å². The summed E-state index contributed by atoms with van der Waals surface area (Å²) in [5.41, 5.74) is -1.12. The first-order valence-electron chi connectivity index (χ1n) is 6.08. The van der Waals surface area contributed by atoms with Gasteiger partial charge in [0.1, 0.15) is 11.6 Å². The molecule has 0 amide bonds. The molecule has 1 aromatic carbocycles. The molecule has 114 valence electrons. The maximum Gasteiger partial charge on any atom is 0.359 e. The van der Waals surface area contributed by atoms with Crippen molar-refractivity contribution in [2.24, 2.45) is 7.05 Å². The van der Waals surface area contributed by atoms with Gasteiger partial charge in [0.25, 0.3) is 5.56 Å². The van der Waals surface area contributed by atoms with Crippen LogP contribution < -0.4 is 5.56 Å². The molecule has 0 unspecified atom stereocenters. The van der Waals surface area contributed by atoms with E-state index in [9.17, 15) is 23.2 Å². The van der Waals surface area contributed by atoms with E-state index in [-0.39, 0.29) is 5.69 Å². The lowest BCUT2D eigenvalue weighted by Gasteiger charge is -2.05. The molecule has 22 heavy (non-hydrogen) atoms. The number of aryl methyl sites for hydroxylation is 1. The first-order valence-corrected chi connectivity index (χ1v) is 6.08. The van der Waals surface area contributed by atoms with Gasteiger partial charge in [-0.3, -0.25) is 9.59 Å². The molecule has 2 aromatic rings. The van der Waals surface area contributed by atoms with Crippen molar-refractivity contribution < 1.29 is 23.1 Å². The SMILES string of the molecule is Cn1nc(C(=O)OCC(=O)c2cc(F)ccc2F)ccc1=O. The van der Waals surface area contributed by atoms with Crippen LogP contribution in [0, 0.1) is 11.6 Å². The van der Waals surface area contributed by atoms with Crippen LogP contribution >= 0.6 is 0 Å². The Bertz CT molecular complexity index is 802. The number of hydrogen-bond acceptors (Lipinski definition) is 5. The van der Waals surface area contributed by atoms with Crippen molar-refractivity contribution in [2.45, 2.75) is 0 Å². The molecule has 0 N–H and O–H groups in total. The second kappa shape index (κ2) is 6.25. The van der Waals surface area contributed by atoms with E-state index < -0.39 is 41.1 Å². The molecule has 0 aliphatic carbocycles. The summed E-state index contributed by atoms with van der Waals surface area (Å²) in [7, 11) is 1.34. The number of hydrogen-bond donors (Lipinski definition) is 0. The zero-order valence-electron chi connectivity index (χ0n) is 11.4. The van der Waals surface area contributed by atoms with Crippen molar-refractivity contribution in [2.75, 3.05) is 6.61 Å². The Morgan fingerprint density at radius 2 is 1.95 bits per heavy atom. The van der Waals surface area contributed by atoms with E-state index in [1.165, 1.54) is 7.05 Å². The molecule has 8 heteroatoms. The average Bonchev–Trinajstić information content (AvgIpc) is 2.49. The average molecular weight is 308 g/mol. The van der Waals surface area contributed by atoms with Gasteiger partial charge in [0.2, 0.25) is 5.78 Å². The van der Waals surface area contributed by atoms with Gasteiger partial charge in [0.15, 0.2) is 12.3 Å². The van der Waals surface area contributed by atoms with Gasteiger partial charge >= 0.3 is 5.97 Å². The molecule has 0 saturated heterocycles. The van der Waals surface area contributed by atoms with E-state index in [0.29, 0.717) is 0 Å². The summed E-state index contributed by atoms with van der Waals surface area (Å²) < 4.78 is 32.0. The Balaban J connectivity index is 2.07. The third kappa shape index (κ3) is 3.40. The number of Topliss-reactive ketones (excluding diaryl/α,β-unsaturated/α-hetero) is 1. The topological polar surface area (TPSA) is 78.3 Å². The van der Waals surface area contributed by atoms with Gasteiger partial charge in [-0.15, -0.1) is 0 Å². The van der Waals surface area contributed by atoms with Crippen LogP contribution in [0.5, 0.6) is 0 Å². The van der Waals surface area contributed by atoms with Gasteiger partial charge < -0.3 is 4.74 Å². The lowest BCUT2D eigenvalue weighted by molar-refractivity contribution is 0.0465. The Kier molecular flexibility index (Phi) is 4.40. The number of halogens is 2. The van der Waals surface area contributed by atoms with Crippen molar-refractivity contribution in [1.29, 1.82) is 0 Å². The number of rotatable bonds is 4. The third-order valence-corrected chi connectivity index (χ3v) is 2.73. The standard InChI is InChI=1S/C14H10F2N2O4/c1-18-13(20)5-4-11(17-18)14(21)22-7-12(19)9-6-8(15)2-3-10(9)16/h2-6H,7H2,1H3. The van der Waals surface area contributed by atoms with Crippen LogP contribution in [0.1, 0.15) is 20.8 Å². The second-order valence-corrected chi connectivity index (χ2v) is 4.30. The zero-order valence-corrected chi connectivity index (χ0v) is 11.4. The summed E-state index contributed by atoms with van der Waals surface area (Å²) in [4.78, 5) is 34.5. The number of aromatic nitrogens is 2. The highest BCUT2D eigenvalue weighted by molar-refractivity contribution is 5.99. The first kappa shape index (κ1) is 15.5. The van der Waals surface area contributed by atoms with Crippen molar-refractivity contribution >= 4 is 11.8 Å². The van der Waals surface area contributed by atoms with Gasteiger partial charge in [-0.25, -0.2) is 18.3 Å². The van der Waals surface area contributed by atoms with Crippen LogP contribution in [0.4, 0.5) is 8.78 Å². The fraction of sp³-hybridized carbons (Fsp3) is 0.143. The largest absolute Gasteiger partial charge is 0.453 e. The fourth-order valence-corrected chi connectivity index (χ4v) is 1.61. The molecule has 6 nitrogen and oxygen atoms in total. The normalized spacial score (nSPS) is 10.3. The minimum Gasteiger partial charge on any atom is -0.453 e. The highest BCUT2D eigenvalue weighted by atomic mass is 19.1. The van der Waals surface area contributed by atoms with Crippen LogP contribution in [0.3, 0.4) is 0 Å². The number of benzene rings is 1. The predicted octanol–water partition coefficient (Wildman–Crippen LogP) is 1.10. The van der Waals surface area contributed by atoms with Crippen molar-refractivity contribution in [3.63, 3.8) is 0 Å². The number of carbonyl (C=O) groups is 2. The highest BCUT2D eigenvalue weighted by Gasteiger charge is 2.17. The van der Waals surface area contributed by atoms with Crippen LogP contribution in [-0.2, 0) is 11.8 Å². The quantitative estimate of drug-likeness (QED) is 0.624. The summed E-state index contributed by atoms with van der Waals surface area (Å²) in [6.07, 6.45) is 0. The zero-order chi connectivity index (χ0) is 16.3. The number of nitrogens with zero attached hydrogens (tertiary/aromatic N) is 2. The molecule has 2 rings (SSSR count). The Morgan fingerprint density at radius 3 is 2.64 bits per heavy atom. The van der Waals surface area contributed by atoms with Gasteiger partial charge in [-0.1, -0.05) is 0 Å². The van der Waals surface area contributed by atoms with Crippen molar-refractivity contribution in [3.8, 4) is 0 Å². The van der Waals surface area contributed by atoms with Crippen molar-refractivity contribution in [1.82, 2.24) is 9.78 Å². The van der Waals surface area contributed by atoms with E-state index in [1.54, 1.807) is 0 Å². The monoisotopic (exact) mass is 308 g/mol. The number of carbonyl (C=O) groups excluding carboxylic acids is 2. The minimum atomic E-state index is -0.958. The van der Waals surface area contributed by atoms with Gasteiger partial charge in [0.05, 0.1) is 5.56 Å². The van der Waals surface area contributed by atoms with E-state index in [1.807, 2.05) is 0 Å². The molecule has 0 aliphatic rings. The second-order valence-electron chi connectivity index (χ2n) is 4.30. The summed E-state index contributed by atoms with van der Waals surface area (Å²) in [6, 6.07) is 4.64. The summed E-state index contributed by atoms with van der Waals surface area (Å²) in [5.74, 6) is -3.55. The number of ketones is 1. The molecule has 0 radical (unpaired) electrons. The maximum atomic E-state index is 13.4. The summed E-state index contributed by atoms with van der Waals surface area (Å²) in [6.45, 7) is -0.774. The van der Waals surface area contributed by atoms with Gasteiger partial charge in [-0.05, 0) is 24.3 Å². The lowest BCUT2D eigenvalue weighted by Crippen LogP contribution is -2.23. The lowest BCUT2D eigenvalue weighted by atomic mass is 10.1. The minimum absolute atomic E-state index is 0.186. The van der Waals surface area contributed by atoms with E-state index in [0.717, 1.165) is 35.0 Å². The van der Waals surface area contributed by atoms with Crippen LogP contribution in [0.25, 0.3) is 0 Å². The van der Waals surface area contributed by atoms with Crippen molar-refractivity contribution in [3.05, 3.63) is 63.6 Å². The van der Waals surface area contributed by atoms with E-state index in [4.69, 9.17) is 0 Å². The molecular weight excluding hydrogens is 298 g/mol. The third-order valence-electron chi connectivity index (χ3n) is 2.73. The molecule has 0 atom stereocenters. The Hall–Kier alpha value is -2.90. The Morgan fingerprint density at radius 1 is 1.23 bits per heavy atom. The summed E-state index contributed by atoms with van der Waals surface area (Å²) >= 11 is 0. The Labute approximate surface area is 122 Å². The van der Waals surface area contributed by atoms with Gasteiger partial charge in [-0.2, -0.15) is 5.10 Å². The van der Waals surface area contributed by atoms with E-state index >= 15 is 0 Å². The van der Waals surface area contributed by atoms with E-state index in [2.05, 4.69) is 9.84 Å². The molecule has 0 aliphatic heterocycles. The van der Waals surface area contributed by atoms with Crippen LogP contribution in [0.15, 0.2) is 35.1 Å². The number of esters is 1.